The Bertz CT molecular complexity index is 1150. The van der Waals surface area contributed by atoms with Crippen molar-refractivity contribution in [3.63, 3.8) is 0 Å². The van der Waals surface area contributed by atoms with Crippen molar-refractivity contribution in [2.24, 2.45) is 5.10 Å². The van der Waals surface area contributed by atoms with Gasteiger partial charge in [0, 0.05) is 30.8 Å². The van der Waals surface area contributed by atoms with Gasteiger partial charge in [-0.25, -0.2) is 4.98 Å². The number of nitrogens with zero attached hydrogens (tertiary/aromatic N) is 4. The molecule has 0 aliphatic rings. The first-order valence-corrected chi connectivity index (χ1v) is 9.90. The summed E-state index contributed by atoms with van der Waals surface area (Å²) in [5, 5.41) is 21.5. The number of hydrogen-bond acceptors (Lipinski definition) is 6. The molecule has 0 fully saturated rings. The molecule has 0 atom stereocenters. The predicted octanol–water partition coefficient (Wildman–Crippen LogP) is 3.95. The molecule has 3 N–H and O–H groups in total. The maximum Gasteiger partial charge on any atom is 0.160 e. The summed E-state index contributed by atoms with van der Waals surface area (Å²) in [7, 11) is 0. The van der Waals surface area contributed by atoms with Crippen LogP contribution in [0, 0.1) is 6.92 Å². The van der Waals surface area contributed by atoms with Crippen molar-refractivity contribution in [3.8, 4) is 11.3 Å². The topological polar surface area (TPSA) is 86.8 Å². The molecule has 0 aliphatic carbocycles. The van der Waals surface area contributed by atoms with Gasteiger partial charge in [0.2, 0.25) is 0 Å². The van der Waals surface area contributed by atoms with Gasteiger partial charge >= 0.3 is 0 Å². The van der Waals surface area contributed by atoms with Gasteiger partial charge in [-0.2, -0.15) is 14.7 Å². The highest BCUT2D eigenvalue weighted by Gasteiger charge is 2.10. The normalized spacial score (nSPS) is 11.3. The summed E-state index contributed by atoms with van der Waals surface area (Å²) in [6.07, 6.45) is 2.41. The molecule has 0 saturated carbocycles. The second-order valence-corrected chi connectivity index (χ2v) is 6.98. The zero-order valence-electron chi connectivity index (χ0n) is 16.8. The lowest BCUT2D eigenvalue weighted by atomic mass is 10.2. The molecule has 2 aromatic heterocycles. The smallest absolute Gasteiger partial charge is 0.160 e. The van der Waals surface area contributed by atoms with Gasteiger partial charge in [0.1, 0.15) is 5.82 Å². The summed E-state index contributed by atoms with van der Waals surface area (Å²) < 4.78 is 1.77. The van der Waals surface area contributed by atoms with Gasteiger partial charge in [-0.1, -0.05) is 60.2 Å². The van der Waals surface area contributed by atoms with Crippen LogP contribution in [0.25, 0.3) is 16.9 Å². The summed E-state index contributed by atoms with van der Waals surface area (Å²) in [5.74, 6) is 1.39. The molecule has 4 aromatic rings. The van der Waals surface area contributed by atoms with Crippen molar-refractivity contribution in [2.75, 3.05) is 23.9 Å². The minimum Gasteiger partial charge on any atom is -0.396 e. The Kier molecular flexibility index (Phi) is 6.01. The number of aliphatic hydroxyl groups is 1. The van der Waals surface area contributed by atoms with Gasteiger partial charge in [-0.05, 0) is 18.9 Å². The van der Waals surface area contributed by atoms with Crippen molar-refractivity contribution < 1.29 is 5.11 Å². The van der Waals surface area contributed by atoms with Gasteiger partial charge in [0.15, 0.2) is 11.5 Å². The second kappa shape index (κ2) is 9.19. The lowest BCUT2D eigenvalue weighted by Crippen LogP contribution is -2.09. The molecule has 4 rings (SSSR count). The number of aromatic nitrogens is 3. The van der Waals surface area contributed by atoms with E-state index in [1.165, 1.54) is 5.56 Å². The van der Waals surface area contributed by atoms with Crippen LogP contribution in [0.2, 0.25) is 0 Å². The predicted molar refractivity (Wildman–Crippen MR) is 121 cm³/mol. The first-order valence-electron chi connectivity index (χ1n) is 9.90. The summed E-state index contributed by atoms with van der Waals surface area (Å²) in [4.78, 5) is 4.65. The molecule has 0 amide bonds. The molecule has 2 heterocycles. The molecule has 0 bridgehead atoms. The van der Waals surface area contributed by atoms with E-state index in [9.17, 15) is 0 Å². The van der Waals surface area contributed by atoms with Crippen LogP contribution in [0.5, 0.6) is 0 Å². The zero-order chi connectivity index (χ0) is 20.8. The number of hydrazone groups is 1. The van der Waals surface area contributed by atoms with Gasteiger partial charge in [-0.15, -0.1) is 0 Å². The monoisotopic (exact) mass is 400 g/mol. The van der Waals surface area contributed by atoms with E-state index in [1.807, 2.05) is 54.6 Å². The van der Waals surface area contributed by atoms with Crippen LogP contribution in [0.15, 0.2) is 71.8 Å². The Morgan fingerprint density at radius 2 is 1.93 bits per heavy atom. The number of hydrogen-bond donors (Lipinski definition) is 3. The number of rotatable bonds is 8. The van der Waals surface area contributed by atoms with Gasteiger partial charge < -0.3 is 10.4 Å². The molecular formula is C23H24N6O. The molecule has 30 heavy (non-hydrogen) atoms. The maximum atomic E-state index is 9.10. The lowest BCUT2D eigenvalue weighted by molar-refractivity contribution is 0.292. The highest BCUT2D eigenvalue weighted by Crippen LogP contribution is 2.23. The molecule has 0 unspecified atom stereocenters. The van der Waals surface area contributed by atoms with Crippen LogP contribution in [0.4, 0.5) is 11.6 Å². The third kappa shape index (κ3) is 4.64. The zero-order valence-corrected chi connectivity index (χ0v) is 16.8. The van der Waals surface area contributed by atoms with Crippen molar-refractivity contribution in [3.05, 3.63) is 77.9 Å². The first-order chi connectivity index (χ1) is 14.7. The van der Waals surface area contributed by atoms with Crippen molar-refractivity contribution in [1.82, 2.24) is 14.6 Å². The minimum absolute atomic E-state index is 0.126. The van der Waals surface area contributed by atoms with E-state index in [-0.39, 0.29) is 6.61 Å². The molecule has 152 valence electrons. The second-order valence-electron chi connectivity index (χ2n) is 6.98. The molecule has 0 saturated heterocycles. The van der Waals surface area contributed by atoms with Crippen LogP contribution in [0.1, 0.15) is 17.5 Å². The van der Waals surface area contributed by atoms with Gasteiger partial charge in [0.05, 0.1) is 11.9 Å². The van der Waals surface area contributed by atoms with Crippen LogP contribution < -0.4 is 10.7 Å². The average molecular weight is 400 g/mol. The van der Waals surface area contributed by atoms with Crippen LogP contribution in [0.3, 0.4) is 0 Å². The van der Waals surface area contributed by atoms with Gasteiger partial charge in [0.25, 0.3) is 0 Å². The number of anilines is 2. The summed E-state index contributed by atoms with van der Waals surface area (Å²) in [6.45, 7) is 2.80. The largest absolute Gasteiger partial charge is 0.396 e. The number of aryl methyl sites for hydroxylation is 1. The van der Waals surface area contributed by atoms with Crippen molar-refractivity contribution >= 4 is 23.5 Å². The first kappa shape index (κ1) is 19.6. The van der Waals surface area contributed by atoms with E-state index < -0.39 is 0 Å². The van der Waals surface area contributed by atoms with E-state index in [0.29, 0.717) is 24.4 Å². The summed E-state index contributed by atoms with van der Waals surface area (Å²) in [6, 6.07) is 21.9. The van der Waals surface area contributed by atoms with Crippen LogP contribution >= 0.6 is 0 Å². The van der Waals surface area contributed by atoms with Crippen LogP contribution in [-0.2, 0) is 0 Å². The molecule has 0 spiro atoms. The maximum absolute atomic E-state index is 9.10. The van der Waals surface area contributed by atoms with E-state index >= 15 is 0 Å². The van der Waals surface area contributed by atoms with E-state index in [0.717, 1.165) is 22.6 Å². The Morgan fingerprint density at radius 3 is 2.73 bits per heavy atom. The molecule has 0 aliphatic heterocycles. The van der Waals surface area contributed by atoms with Gasteiger partial charge in [-0.3, -0.25) is 5.43 Å². The quantitative estimate of drug-likeness (QED) is 0.237. The van der Waals surface area contributed by atoms with Crippen LogP contribution in [-0.4, -0.2) is 39.1 Å². The molecule has 0 radical (unpaired) electrons. The summed E-state index contributed by atoms with van der Waals surface area (Å²) >= 11 is 0. The van der Waals surface area contributed by atoms with E-state index in [4.69, 9.17) is 10.2 Å². The number of aliphatic hydroxyl groups excluding tert-OH is 1. The Morgan fingerprint density at radius 1 is 1.07 bits per heavy atom. The molecular weight excluding hydrogens is 376 g/mol. The fourth-order valence-electron chi connectivity index (χ4n) is 3.13. The Hall–Kier alpha value is -3.71. The number of benzene rings is 2. The van der Waals surface area contributed by atoms with E-state index in [1.54, 1.807) is 10.7 Å². The summed E-state index contributed by atoms with van der Waals surface area (Å²) in [5.41, 5.74) is 7.78. The third-order valence-corrected chi connectivity index (χ3v) is 4.57. The van der Waals surface area contributed by atoms with Crippen molar-refractivity contribution in [1.29, 1.82) is 0 Å². The fourth-order valence-corrected chi connectivity index (χ4v) is 3.13. The number of nitrogens with one attached hydrogen (secondary N) is 2. The minimum atomic E-state index is 0.126. The fraction of sp³-hybridized carbons (Fsp3) is 0.174. The SMILES string of the molecule is Cc1cccc(/C=N/Nc2cc(NCCCO)n3nc(-c4ccccc4)cc3n2)c1. The molecule has 7 nitrogen and oxygen atoms in total. The Labute approximate surface area is 175 Å². The molecule has 7 heteroatoms. The molecule has 2 aromatic carbocycles. The lowest BCUT2D eigenvalue weighted by Gasteiger charge is -2.09. The third-order valence-electron chi connectivity index (χ3n) is 4.57. The average Bonchev–Trinajstić information content (AvgIpc) is 3.19. The standard InChI is InChI=1S/C23H24N6O/c1-17-7-5-8-18(13-17)16-25-27-21-15-22(24-11-6-12-30)29-23(26-21)14-20(28-29)19-9-3-2-4-10-19/h2-5,7-10,13-16,24,30H,6,11-12H2,1H3,(H,26,27)/b25-16+. The number of fused-ring (bicyclic) bond motifs is 1. The van der Waals surface area contributed by atoms with E-state index in [2.05, 4.69) is 39.9 Å². The highest BCUT2D eigenvalue weighted by molar-refractivity contribution is 5.80. The van der Waals surface area contributed by atoms with Crippen molar-refractivity contribution in [2.45, 2.75) is 13.3 Å². The Balaban J connectivity index is 1.64. The highest BCUT2D eigenvalue weighted by atomic mass is 16.3.